The molecule has 3 aromatic rings. The quantitative estimate of drug-likeness (QED) is 0.512. The highest BCUT2D eigenvalue weighted by atomic mass is 35.5. The van der Waals surface area contributed by atoms with E-state index in [1.807, 2.05) is 0 Å². The number of aromatic hydroxyl groups is 1. The van der Waals surface area contributed by atoms with Crippen LogP contribution in [0.4, 0.5) is 0 Å². The number of ether oxygens (including phenoxy) is 1. The zero-order valence-electron chi connectivity index (χ0n) is 17.4. The van der Waals surface area contributed by atoms with Crippen molar-refractivity contribution in [1.29, 1.82) is 0 Å². The van der Waals surface area contributed by atoms with Gasteiger partial charge in [-0.25, -0.2) is 9.79 Å². The number of esters is 1. The van der Waals surface area contributed by atoms with E-state index in [1.54, 1.807) is 38.1 Å². The first-order valence-electron chi connectivity index (χ1n) is 9.85. The van der Waals surface area contributed by atoms with Crippen molar-refractivity contribution >= 4 is 58.2 Å². The highest BCUT2D eigenvalue weighted by Gasteiger charge is 2.34. The summed E-state index contributed by atoms with van der Waals surface area (Å²) in [5, 5.41) is 11.1. The van der Waals surface area contributed by atoms with Gasteiger partial charge < -0.3 is 9.84 Å². The lowest BCUT2D eigenvalue weighted by atomic mass is 9.96. The van der Waals surface area contributed by atoms with Crippen LogP contribution in [-0.2, 0) is 9.53 Å². The Balaban J connectivity index is 2.01. The summed E-state index contributed by atoms with van der Waals surface area (Å²) in [6.45, 7) is 3.57. The number of fused-ring (bicyclic) bond motifs is 1. The number of hydrogen-bond acceptors (Lipinski definition) is 6. The van der Waals surface area contributed by atoms with Crippen LogP contribution in [-0.4, -0.2) is 22.2 Å². The minimum atomic E-state index is -0.826. The van der Waals surface area contributed by atoms with Crippen LogP contribution >= 0.6 is 46.1 Å². The monoisotopic (exact) mass is 522 g/mol. The van der Waals surface area contributed by atoms with E-state index in [-0.39, 0.29) is 33.0 Å². The predicted octanol–water partition coefficient (Wildman–Crippen LogP) is 4.46. The van der Waals surface area contributed by atoms with E-state index < -0.39 is 17.6 Å². The average Bonchev–Trinajstić information content (AvgIpc) is 3.06. The number of hydrogen-bond donors (Lipinski definition) is 1. The summed E-state index contributed by atoms with van der Waals surface area (Å²) >= 11 is 19.7. The van der Waals surface area contributed by atoms with E-state index in [9.17, 15) is 14.7 Å². The van der Waals surface area contributed by atoms with Gasteiger partial charge in [-0.15, -0.1) is 0 Å². The second kappa shape index (κ2) is 9.35. The second-order valence-electron chi connectivity index (χ2n) is 7.15. The number of nitrogens with zero attached hydrogens (tertiary/aromatic N) is 2. The van der Waals surface area contributed by atoms with E-state index in [0.29, 0.717) is 26.1 Å². The van der Waals surface area contributed by atoms with Crippen LogP contribution in [0.3, 0.4) is 0 Å². The van der Waals surface area contributed by atoms with Crippen molar-refractivity contribution in [2.75, 3.05) is 6.61 Å². The summed E-state index contributed by atoms with van der Waals surface area (Å²) in [6, 6.07) is 9.07. The van der Waals surface area contributed by atoms with Gasteiger partial charge in [0, 0.05) is 15.6 Å². The molecule has 4 rings (SSSR count). The molecular formula is C23H17Cl3N2O4S. The summed E-state index contributed by atoms with van der Waals surface area (Å²) in [5.41, 5.74) is 1.11. The van der Waals surface area contributed by atoms with Gasteiger partial charge in [-0.2, -0.15) is 0 Å². The second-order valence-corrected chi connectivity index (χ2v) is 9.41. The first kappa shape index (κ1) is 23.6. The molecule has 1 N–H and O–H groups in total. The van der Waals surface area contributed by atoms with Gasteiger partial charge in [0.25, 0.3) is 5.56 Å². The number of phenolic OH excluding ortho intramolecular Hbond substituents is 1. The number of allylic oxidation sites excluding steroid dienone is 1. The molecule has 0 bridgehead atoms. The Morgan fingerprint density at radius 3 is 2.67 bits per heavy atom. The van der Waals surface area contributed by atoms with Crippen molar-refractivity contribution in [2.45, 2.75) is 19.9 Å². The number of halogens is 3. The van der Waals surface area contributed by atoms with Crippen LogP contribution in [0.1, 0.15) is 31.0 Å². The lowest BCUT2D eigenvalue weighted by molar-refractivity contribution is -0.139. The summed E-state index contributed by atoms with van der Waals surface area (Å²) in [4.78, 5) is 31.3. The molecule has 6 nitrogen and oxygen atoms in total. The van der Waals surface area contributed by atoms with Crippen LogP contribution in [0.25, 0.3) is 6.08 Å². The molecule has 1 aliphatic rings. The zero-order valence-corrected chi connectivity index (χ0v) is 20.5. The van der Waals surface area contributed by atoms with Gasteiger partial charge in [-0.3, -0.25) is 9.36 Å². The fraction of sp³-hybridized carbons (Fsp3) is 0.174. The Morgan fingerprint density at radius 1 is 1.24 bits per heavy atom. The molecule has 2 aromatic carbocycles. The van der Waals surface area contributed by atoms with Crippen molar-refractivity contribution in [3.63, 3.8) is 0 Å². The van der Waals surface area contributed by atoms with Gasteiger partial charge in [0.2, 0.25) is 0 Å². The third-order valence-corrected chi connectivity index (χ3v) is 6.89. The minimum absolute atomic E-state index is 0.0657. The fourth-order valence-electron chi connectivity index (χ4n) is 3.62. The molecule has 1 aliphatic heterocycles. The number of thiazole rings is 1. The Bertz CT molecular complexity index is 1490. The van der Waals surface area contributed by atoms with Crippen molar-refractivity contribution < 1.29 is 14.6 Å². The smallest absolute Gasteiger partial charge is 0.338 e. The molecule has 1 aromatic heterocycles. The third kappa shape index (κ3) is 4.34. The molecule has 0 amide bonds. The predicted molar refractivity (Wildman–Crippen MR) is 130 cm³/mol. The van der Waals surface area contributed by atoms with Crippen molar-refractivity contribution in [3.05, 3.63) is 93.6 Å². The van der Waals surface area contributed by atoms with Gasteiger partial charge in [0.05, 0.1) is 27.4 Å². The molecule has 0 spiro atoms. The number of carbonyl (C=O) groups excluding carboxylic acids is 1. The van der Waals surface area contributed by atoms with Crippen LogP contribution in [0, 0.1) is 0 Å². The first-order valence-corrected chi connectivity index (χ1v) is 11.8. The molecule has 10 heteroatoms. The molecule has 0 saturated carbocycles. The van der Waals surface area contributed by atoms with Crippen molar-refractivity contribution in [3.8, 4) is 5.75 Å². The van der Waals surface area contributed by atoms with Crippen molar-refractivity contribution in [2.24, 2.45) is 4.99 Å². The topological polar surface area (TPSA) is 80.9 Å². The average molecular weight is 524 g/mol. The maximum atomic E-state index is 13.5. The van der Waals surface area contributed by atoms with E-state index in [4.69, 9.17) is 39.5 Å². The summed E-state index contributed by atoms with van der Waals surface area (Å²) in [7, 11) is 0. The van der Waals surface area contributed by atoms with Gasteiger partial charge in [-0.05, 0) is 43.7 Å². The van der Waals surface area contributed by atoms with Crippen LogP contribution in [0.5, 0.6) is 5.75 Å². The summed E-state index contributed by atoms with van der Waals surface area (Å²) in [5.74, 6) is -0.768. The maximum Gasteiger partial charge on any atom is 0.338 e. The number of carbonyl (C=O) groups is 1. The molecule has 0 unspecified atom stereocenters. The van der Waals surface area contributed by atoms with Crippen molar-refractivity contribution in [1.82, 2.24) is 4.57 Å². The molecule has 0 saturated heterocycles. The van der Waals surface area contributed by atoms with Gasteiger partial charge >= 0.3 is 5.97 Å². The highest BCUT2D eigenvalue weighted by molar-refractivity contribution is 7.07. The fourth-order valence-corrected chi connectivity index (χ4v) is 5.41. The molecule has 0 aliphatic carbocycles. The van der Waals surface area contributed by atoms with E-state index >= 15 is 0 Å². The Kier molecular flexibility index (Phi) is 6.68. The van der Waals surface area contributed by atoms with E-state index in [0.717, 1.165) is 11.3 Å². The number of rotatable bonds is 4. The maximum absolute atomic E-state index is 13.5. The Hall–Kier alpha value is -2.58. The number of aromatic nitrogens is 1. The lowest BCUT2D eigenvalue weighted by Crippen LogP contribution is -2.40. The van der Waals surface area contributed by atoms with Crippen LogP contribution < -0.4 is 14.9 Å². The van der Waals surface area contributed by atoms with Crippen LogP contribution in [0.2, 0.25) is 15.1 Å². The largest absolute Gasteiger partial charge is 0.506 e. The minimum Gasteiger partial charge on any atom is -0.506 e. The number of phenols is 1. The standard InChI is InChI=1S/C23H17Cl3N2O4S/c1-3-32-22(31)18-11(2)27-23-28(19(18)14-6-4-5-7-15(14)25)21(30)17(33-23)9-12-8-13(24)10-16(26)20(12)29/h4-10,19,29H,3H2,1-2H3/t19-/m1/s1. The van der Waals surface area contributed by atoms with Crippen LogP contribution in [0.15, 0.2) is 57.5 Å². The zero-order chi connectivity index (χ0) is 23.9. The molecular weight excluding hydrogens is 507 g/mol. The van der Waals surface area contributed by atoms with E-state index in [2.05, 4.69) is 4.99 Å². The SMILES string of the molecule is CCOC(=O)C1=C(C)N=c2sc(=Cc3cc(Cl)cc(Cl)c3O)c(=O)n2[C@@H]1c1ccccc1Cl. The molecule has 33 heavy (non-hydrogen) atoms. The normalized spacial score (nSPS) is 15.9. The first-order chi connectivity index (χ1) is 15.7. The third-order valence-electron chi connectivity index (χ3n) is 5.06. The molecule has 1 atom stereocenters. The Labute approximate surface area is 207 Å². The highest BCUT2D eigenvalue weighted by Crippen LogP contribution is 2.35. The molecule has 170 valence electrons. The van der Waals surface area contributed by atoms with Gasteiger partial charge in [0.1, 0.15) is 11.8 Å². The molecule has 2 heterocycles. The van der Waals surface area contributed by atoms with Gasteiger partial charge in [-0.1, -0.05) is 64.3 Å². The van der Waals surface area contributed by atoms with Gasteiger partial charge in [0.15, 0.2) is 4.80 Å². The lowest BCUT2D eigenvalue weighted by Gasteiger charge is -2.25. The number of benzene rings is 2. The summed E-state index contributed by atoms with van der Waals surface area (Å²) in [6.07, 6.45) is 1.49. The molecule has 0 fully saturated rings. The Morgan fingerprint density at radius 2 is 1.97 bits per heavy atom. The summed E-state index contributed by atoms with van der Waals surface area (Å²) < 4.78 is 6.95. The van der Waals surface area contributed by atoms with E-state index in [1.165, 1.54) is 22.8 Å². The molecule has 0 radical (unpaired) electrons.